The molecule has 0 saturated carbocycles. The topological polar surface area (TPSA) is 41.1 Å². The first-order valence-electron chi connectivity index (χ1n) is 3.95. The third-order valence-electron chi connectivity index (χ3n) is 2.29. The molecule has 0 bridgehead atoms. The molecular weight excluding hydrogens is 160 g/mol. The van der Waals surface area contributed by atoms with Gasteiger partial charge in [0, 0.05) is 12.3 Å². The highest BCUT2D eigenvalue weighted by Crippen LogP contribution is 2.27. The standard InChI is InChI=1S/C7H12N2OS/c10-6-8-4-7(9-6)2-1-3-11-5-7/h1-5H2,(H2,8,9,10). The molecule has 0 radical (unpaired) electrons. The van der Waals surface area contributed by atoms with Gasteiger partial charge in [-0.05, 0) is 18.6 Å². The van der Waals surface area contributed by atoms with Crippen LogP contribution in [-0.4, -0.2) is 29.6 Å². The van der Waals surface area contributed by atoms with Crippen LogP contribution in [0.3, 0.4) is 0 Å². The number of hydrogen-bond acceptors (Lipinski definition) is 2. The summed E-state index contributed by atoms with van der Waals surface area (Å²) in [6.07, 6.45) is 2.37. The van der Waals surface area contributed by atoms with Gasteiger partial charge >= 0.3 is 6.03 Å². The van der Waals surface area contributed by atoms with Crippen LogP contribution in [0.25, 0.3) is 0 Å². The van der Waals surface area contributed by atoms with Crippen LogP contribution in [-0.2, 0) is 0 Å². The van der Waals surface area contributed by atoms with E-state index in [2.05, 4.69) is 10.6 Å². The van der Waals surface area contributed by atoms with Crippen molar-refractivity contribution in [2.75, 3.05) is 18.1 Å². The maximum absolute atomic E-state index is 10.9. The van der Waals surface area contributed by atoms with Gasteiger partial charge in [0.2, 0.25) is 0 Å². The van der Waals surface area contributed by atoms with Crippen molar-refractivity contribution in [3.05, 3.63) is 0 Å². The second-order valence-electron chi connectivity index (χ2n) is 3.24. The van der Waals surface area contributed by atoms with Gasteiger partial charge in [0.15, 0.2) is 0 Å². The lowest BCUT2D eigenvalue weighted by Gasteiger charge is -2.31. The first-order chi connectivity index (χ1) is 5.31. The van der Waals surface area contributed by atoms with Gasteiger partial charge in [0.1, 0.15) is 0 Å². The lowest BCUT2D eigenvalue weighted by Crippen LogP contribution is -2.47. The van der Waals surface area contributed by atoms with Crippen molar-refractivity contribution >= 4 is 17.8 Å². The monoisotopic (exact) mass is 172 g/mol. The Hall–Kier alpha value is -0.380. The van der Waals surface area contributed by atoms with Crippen molar-refractivity contribution in [1.82, 2.24) is 10.6 Å². The molecule has 2 saturated heterocycles. The Kier molecular flexibility index (Phi) is 1.71. The van der Waals surface area contributed by atoms with Crippen molar-refractivity contribution in [2.24, 2.45) is 0 Å². The van der Waals surface area contributed by atoms with Crippen molar-refractivity contribution < 1.29 is 4.79 Å². The molecule has 0 aromatic carbocycles. The zero-order valence-electron chi connectivity index (χ0n) is 6.35. The highest BCUT2D eigenvalue weighted by molar-refractivity contribution is 7.99. The van der Waals surface area contributed by atoms with Crippen LogP contribution in [0.15, 0.2) is 0 Å². The first kappa shape index (κ1) is 7.28. The SMILES string of the molecule is O=C1NCC2(CCCSC2)N1. The van der Waals surface area contributed by atoms with Gasteiger partial charge in [0.05, 0.1) is 5.54 Å². The van der Waals surface area contributed by atoms with Gasteiger partial charge in [0.25, 0.3) is 0 Å². The molecule has 2 heterocycles. The van der Waals surface area contributed by atoms with Crippen molar-refractivity contribution in [2.45, 2.75) is 18.4 Å². The smallest absolute Gasteiger partial charge is 0.315 e. The Morgan fingerprint density at radius 2 is 2.45 bits per heavy atom. The van der Waals surface area contributed by atoms with E-state index in [1.807, 2.05) is 11.8 Å². The zero-order valence-corrected chi connectivity index (χ0v) is 7.17. The number of urea groups is 1. The summed E-state index contributed by atoms with van der Waals surface area (Å²) >= 11 is 1.94. The largest absolute Gasteiger partial charge is 0.336 e. The molecule has 11 heavy (non-hydrogen) atoms. The second-order valence-corrected chi connectivity index (χ2v) is 4.35. The number of hydrogen-bond donors (Lipinski definition) is 2. The summed E-state index contributed by atoms with van der Waals surface area (Å²) in [6.45, 7) is 0.818. The van der Waals surface area contributed by atoms with E-state index in [4.69, 9.17) is 0 Å². The molecule has 1 spiro atoms. The Bertz CT molecular complexity index is 177. The van der Waals surface area contributed by atoms with Crippen LogP contribution in [0.1, 0.15) is 12.8 Å². The van der Waals surface area contributed by atoms with E-state index < -0.39 is 0 Å². The summed E-state index contributed by atoms with van der Waals surface area (Å²) in [5.74, 6) is 2.32. The molecule has 1 unspecified atom stereocenters. The number of carbonyl (C=O) groups is 1. The molecule has 0 aliphatic carbocycles. The molecule has 3 nitrogen and oxygen atoms in total. The Labute approximate surface area is 70.3 Å². The molecule has 1 atom stereocenters. The minimum Gasteiger partial charge on any atom is -0.336 e. The summed E-state index contributed by atoms with van der Waals surface area (Å²) < 4.78 is 0. The Morgan fingerprint density at radius 3 is 3.00 bits per heavy atom. The fourth-order valence-corrected chi connectivity index (χ4v) is 2.87. The van der Waals surface area contributed by atoms with Gasteiger partial charge in [-0.3, -0.25) is 0 Å². The molecule has 4 heteroatoms. The molecule has 2 aliphatic rings. The third-order valence-corrected chi connectivity index (χ3v) is 3.62. The maximum Gasteiger partial charge on any atom is 0.315 e. The van der Waals surface area contributed by atoms with Crippen molar-refractivity contribution in [3.63, 3.8) is 0 Å². The molecule has 2 rings (SSSR count). The molecule has 0 aromatic heterocycles. The van der Waals surface area contributed by atoms with Gasteiger partial charge in [-0.25, -0.2) is 4.79 Å². The molecule has 2 aliphatic heterocycles. The molecule has 2 N–H and O–H groups in total. The zero-order chi connectivity index (χ0) is 7.73. The molecule has 0 aromatic rings. The van der Waals surface area contributed by atoms with E-state index in [1.165, 1.54) is 12.2 Å². The highest BCUT2D eigenvalue weighted by atomic mass is 32.2. The van der Waals surface area contributed by atoms with Crippen LogP contribution in [0.4, 0.5) is 4.79 Å². The van der Waals surface area contributed by atoms with Gasteiger partial charge in [-0.2, -0.15) is 11.8 Å². The van der Waals surface area contributed by atoms with Gasteiger partial charge in [-0.15, -0.1) is 0 Å². The quantitative estimate of drug-likeness (QED) is 0.560. The highest BCUT2D eigenvalue weighted by Gasteiger charge is 2.38. The average Bonchev–Trinajstić information content (AvgIpc) is 2.34. The van der Waals surface area contributed by atoms with E-state index in [0.29, 0.717) is 0 Å². The number of amides is 2. The maximum atomic E-state index is 10.9. The summed E-state index contributed by atoms with van der Waals surface area (Å²) in [4.78, 5) is 10.9. The Morgan fingerprint density at radius 1 is 1.55 bits per heavy atom. The van der Waals surface area contributed by atoms with E-state index in [-0.39, 0.29) is 11.6 Å². The lowest BCUT2D eigenvalue weighted by molar-refractivity contribution is 0.244. The lowest BCUT2D eigenvalue weighted by atomic mass is 9.97. The first-order valence-corrected chi connectivity index (χ1v) is 5.10. The van der Waals surface area contributed by atoms with Crippen LogP contribution in [0.2, 0.25) is 0 Å². The summed E-state index contributed by atoms with van der Waals surface area (Å²) in [6, 6.07) is 0.00694. The predicted octanol–water partition coefficient (Wildman–Crippen LogP) is 0.565. The fraction of sp³-hybridized carbons (Fsp3) is 0.857. The summed E-state index contributed by atoms with van der Waals surface area (Å²) in [5, 5.41) is 5.82. The van der Waals surface area contributed by atoms with E-state index >= 15 is 0 Å². The number of thioether (sulfide) groups is 1. The van der Waals surface area contributed by atoms with Crippen molar-refractivity contribution in [1.29, 1.82) is 0 Å². The molecule has 2 amide bonds. The third kappa shape index (κ3) is 1.31. The van der Waals surface area contributed by atoms with E-state index in [1.54, 1.807) is 0 Å². The number of nitrogens with one attached hydrogen (secondary N) is 2. The number of carbonyl (C=O) groups excluding carboxylic acids is 1. The number of rotatable bonds is 0. The molecule has 2 fully saturated rings. The summed E-state index contributed by atoms with van der Waals surface area (Å²) in [7, 11) is 0. The second kappa shape index (κ2) is 2.59. The summed E-state index contributed by atoms with van der Waals surface area (Å²) in [5.41, 5.74) is 0.0972. The molecule has 62 valence electrons. The van der Waals surface area contributed by atoms with Crippen LogP contribution in [0, 0.1) is 0 Å². The van der Waals surface area contributed by atoms with Gasteiger partial charge < -0.3 is 10.6 Å². The van der Waals surface area contributed by atoms with E-state index in [0.717, 1.165) is 18.7 Å². The van der Waals surface area contributed by atoms with E-state index in [9.17, 15) is 4.79 Å². The molecular formula is C7H12N2OS. The van der Waals surface area contributed by atoms with Gasteiger partial charge in [-0.1, -0.05) is 0 Å². The van der Waals surface area contributed by atoms with Crippen LogP contribution < -0.4 is 10.6 Å². The van der Waals surface area contributed by atoms with Crippen molar-refractivity contribution in [3.8, 4) is 0 Å². The average molecular weight is 172 g/mol. The normalized spacial score (nSPS) is 36.9. The van der Waals surface area contributed by atoms with Crippen LogP contribution >= 0.6 is 11.8 Å². The Balaban J connectivity index is 2.03. The fourth-order valence-electron chi connectivity index (χ4n) is 1.67. The minimum absolute atomic E-state index is 0.00694. The predicted molar refractivity (Wildman–Crippen MR) is 45.8 cm³/mol. The van der Waals surface area contributed by atoms with Crippen LogP contribution in [0.5, 0.6) is 0 Å². The minimum atomic E-state index is 0.00694.